The molecule has 0 aromatic carbocycles. The summed E-state index contributed by atoms with van der Waals surface area (Å²) in [6, 6.07) is 8.48. The molecule has 0 saturated carbocycles. The van der Waals surface area contributed by atoms with Gasteiger partial charge < -0.3 is 14.5 Å². The zero-order chi connectivity index (χ0) is 22.9. The molecular weight excluding hydrogens is 416 g/mol. The molecule has 3 aromatic rings. The van der Waals surface area contributed by atoms with Gasteiger partial charge in [-0.15, -0.1) is 0 Å². The lowest BCUT2D eigenvalue weighted by Crippen LogP contribution is -2.46. The minimum Gasteiger partial charge on any atom is -0.373 e. The average Bonchev–Trinajstić information content (AvgIpc) is 3.40. The highest BCUT2D eigenvalue weighted by atomic mass is 16.5. The Balaban J connectivity index is 1.64. The third-order valence-corrected chi connectivity index (χ3v) is 5.01. The molecule has 0 radical (unpaired) electrons. The van der Waals surface area contributed by atoms with Crippen molar-refractivity contribution in [2.24, 2.45) is 16.7 Å². The van der Waals surface area contributed by atoms with E-state index in [-0.39, 0.29) is 24.1 Å². The van der Waals surface area contributed by atoms with E-state index in [9.17, 15) is 9.90 Å². The molecule has 0 aliphatic carbocycles. The van der Waals surface area contributed by atoms with Gasteiger partial charge in [-0.25, -0.2) is 26.6 Å². The Morgan fingerprint density at radius 1 is 1.28 bits per heavy atom. The van der Waals surface area contributed by atoms with Crippen molar-refractivity contribution in [1.82, 2.24) is 35.4 Å². The minimum atomic E-state index is -1.72. The number of rotatable bonds is 4. The molecule has 32 heavy (non-hydrogen) atoms. The number of carbonyl (C=O) groups excluding carboxylic acids is 1. The van der Waals surface area contributed by atoms with Crippen molar-refractivity contribution in [1.29, 1.82) is 0 Å². The van der Waals surface area contributed by atoms with E-state index in [1.807, 2.05) is 0 Å². The molecule has 1 atom stereocenters. The van der Waals surface area contributed by atoms with Crippen LogP contribution in [0, 0.1) is 0 Å². The largest absolute Gasteiger partial charge is 0.373 e. The standard InChI is InChI=1S/C19H22N10O3/c1-28-9-7-19(31,16(28)30)15-10-14(27-32-15)12-5-3-4-11(23-12)13-6-8-22-17(24-13)25-18(26-20)29(2)21/h3-6,8,10,31H,7,9,20-21H2,1-2H3,(H,22,24,25,26). The fourth-order valence-electron chi connectivity index (χ4n) is 3.25. The SMILES string of the molecule is CN1CCC(O)(c2cc(-c3cccc(-c4ccnc(/N=C(\NN)N(C)N)n4)n3)no2)C1=O. The predicted molar refractivity (Wildman–Crippen MR) is 113 cm³/mol. The maximum absolute atomic E-state index is 12.3. The maximum Gasteiger partial charge on any atom is 0.262 e. The Morgan fingerprint density at radius 2 is 2.00 bits per heavy atom. The molecule has 166 valence electrons. The summed E-state index contributed by atoms with van der Waals surface area (Å²) in [4.78, 5) is 30.9. The fraction of sp³-hybridized carbons (Fsp3) is 0.263. The molecule has 1 fully saturated rings. The van der Waals surface area contributed by atoms with Crippen LogP contribution in [0.2, 0.25) is 0 Å². The highest BCUT2D eigenvalue weighted by Crippen LogP contribution is 2.34. The van der Waals surface area contributed by atoms with Crippen molar-refractivity contribution in [3.05, 3.63) is 42.3 Å². The number of pyridine rings is 1. The monoisotopic (exact) mass is 438 g/mol. The van der Waals surface area contributed by atoms with E-state index in [1.54, 1.807) is 38.4 Å². The number of likely N-dealkylation sites (tertiary alicyclic amines) is 1. The van der Waals surface area contributed by atoms with Crippen molar-refractivity contribution >= 4 is 17.8 Å². The summed E-state index contributed by atoms with van der Waals surface area (Å²) >= 11 is 0. The third-order valence-electron chi connectivity index (χ3n) is 5.01. The Morgan fingerprint density at radius 3 is 2.66 bits per heavy atom. The number of nitrogens with zero attached hydrogens (tertiary/aromatic N) is 7. The minimum absolute atomic E-state index is 0.0837. The molecule has 13 heteroatoms. The maximum atomic E-state index is 12.3. The van der Waals surface area contributed by atoms with Gasteiger partial charge in [0.15, 0.2) is 5.76 Å². The number of nitrogens with one attached hydrogen (secondary N) is 1. The number of aliphatic imine (C=N–C) groups is 1. The molecule has 1 aliphatic rings. The van der Waals surface area contributed by atoms with Crippen molar-refractivity contribution < 1.29 is 14.4 Å². The number of carbonyl (C=O) groups is 1. The van der Waals surface area contributed by atoms with Crippen LogP contribution in [0.1, 0.15) is 12.2 Å². The van der Waals surface area contributed by atoms with Crippen molar-refractivity contribution in [2.45, 2.75) is 12.0 Å². The molecule has 1 unspecified atom stereocenters. The second-order valence-corrected chi connectivity index (χ2v) is 7.25. The van der Waals surface area contributed by atoms with E-state index in [0.29, 0.717) is 29.3 Å². The van der Waals surface area contributed by atoms with Gasteiger partial charge in [-0.05, 0) is 18.2 Å². The zero-order valence-electron chi connectivity index (χ0n) is 17.4. The third kappa shape index (κ3) is 3.87. The van der Waals surface area contributed by atoms with Crippen LogP contribution in [-0.4, -0.2) is 67.6 Å². The fourth-order valence-corrected chi connectivity index (χ4v) is 3.25. The number of guanidine groups is 1. The quantitative estimate of drug-likeness (QED) is 0.178. The van der Waals surface area contributed by atoms with Crippen LogP contribution in [0.15, 0.2) is 46.0 Å². The van der Waals surface area contributed by atoms with Gasteiger partial charge in [0.05, 0.1) is 17.1 Å². The zero-order valence-corrected chi connectivity index (χ0v) is 17.4. The van der Waals surface area contributed by atoms with Gasteiger partial charge in [0, 0.05) is 39.3 Å². The average molecular weight is 438 g/mol. The van der Waals surface area contributed by atoms with Crippen molar-refractivity contribution in [2.75, 3.05) is 20.6 Å². The smallest absolute Gasteiger partial charge is 0.262 e. The number of likely N-dealkylation sites (N-methyl/N-ethyl adjacent to an activating group) is 1. The summed E-state index contributed by atoms with van der Waals surface area (Å²) in [6.45, 7) is 0.430. The Kier molecular flexibility index (Phi) is 5.52. The molecule has 6 N–H and O–H groups in total. The molecule has 0 spiro atoms. The normalized spacial score (nSPS) is 18.8. The molecule has 4 heterocycles. The van der Waals surface area contributed by atoms with Crippen LogP contribution in [0.3, 0.4) is 0 Å². The number of nitrogens with two attached hydrogens (primary N) is 2. The van der Waals surface area contributed by atoms with E-state index in [2.05, 4.69) is 30.5 Å². The van der Waals surface area contributed by atoms with Crippen LogP contribution in [-0.2, 0) is 10.4 Å². The van der Waals surface area contributed by atoms with Gasteiger partial charge in [0.1, 0.15) is 5.69 Å². The van der Waals surface area contributed by atoms with Crippen molar-refractivity contribution in [3.8, 4) is 22.8 Å². The summed E-state index contributed by atoms with van der Waals surface area (Å²) in [6.07, 6.45) is 1.76. The van der Waals surface area contributed by atoms with E-state index in [1.165, 1.54) is 22.2 Å². The second kappa shape index (κ2) is 8.30. The molecule has 0 bridgehead atoms. The van der Waals surface area contributed by atoms with Crippen molar-refractivity contribution in [3.63, 3.8) is 0 Å². The lowest BCUT2D eigenvalue weighted by atomic mass is 9.98. The van der Waals surface area contributed by atoms with E-state index < -0.39 is 11.5 Å². The Labute approximate surface area is 182 Å². The second-order valence-electron chi connectivity index (χ2n) is 7.25. The first-order valence-electron chi connectivity index (χ1n) is 9.61. The first-order chi connectivity index (χ1) is 15.3. The Hall–Kier alpha value is -3.94. The van der Waals surface area contributed by atoms with Gasteiger partial charge in [-0.2, -0.15) is 4.99 Å². The highest BCUT2D eigenvalue weighted by molar-refractivity contribution is 5.87. The van der Waals surface area contributed by atoms with Gasteiger partial charge in [0.25, 0.3) is 11.9 Å². The Bertz CT molecular complexity index is 1180. The predicted octanol–water partition coefficient (Wildman–Crippen LogP) is -0.500. The first-order valence-corrected chi connectivity index (χ1v) is 9.61. The molecule has 1 saturated heterocycles. The number of hydrogen-bond acceptors (Lipinski definition) is 10. The highest BCUT2D eigenvalue weighted by Gasteiger charge is 2.48. The number of aromatic nitrogens is 4. The van der Waals surface area contributed by atoms with Gasteiger partial charge in [0.2, 0.25) is 11.6 Å². The van der Waals surface area contributed by atoms with E-state index >= 15 is 0 Å². The summed E-state index contributed by atoms with van der Waals surface area (Å²) in [5, 5.41) is 15.9. The number of hydrazine groups is 2. The molecule has 3 aromatic heterocycles. The van der Waals surface area contributed by atoms with Crippen LogP contribution >= 0.6 is 0 Å². The molecular formula is C19H22N10O3. The summed E-state index contributed by atoms with van der Waals surface area (Å²) in [5.41, 5.74) is 2.54. The van der Waals surface area contributed by atoms with Gasteiger partial charge in [-0.3, -0.25) is 15.2 Å². The first kappa shape index (κ1) is 21.3. The molecule has 1 amide bonds. The lowest BCUT2D eigenvalue weighted by molar-refractivity contribution is -0.144. The topological polar surface area (TPSA) is 185 Å². The summed E-state index contributed by atoms with van der Waals surface area (Å²) in [7, 11) is 3.19. The summed E-state index contributed by atoms with van der Waals surface area (Å²) < 4.78 is 5.30. The van der Waals surface area contributed by atoms with Crippen LogP contribution in [0.25, 0.3) is 22.8 Å². The number of aliphatic hydroxyl groups is 1. The number of hydrogen-bond donors (Lipinski definition) is 4. The molecule has 4 rings (SSSR count). The van der Waals surface area contributed by atoms with Crippen LogP contribution in [0.5, 0.6) is 0 Å². The van der Waals surface area contributed by atoms with Crippen LogP contribution in [0.4, 0.5) is 5.95 Å². The molecule has 1 aliphatic heterocycles. The lowest BCUT2D eigenvalue weighted by Gasteiger charge is -2.16. The summed E-state index contributed by atoms with van der Waals surface area (Å²) in [5.74, 6) is 11.0. The van der Waals surface area contributed by atoms with Crippen LogP contribution < -0.4 is 17.1 Å². The van der Waals surface area contributed by atoms with E-state index in [4.69, 9.17) is 16.2 Å². The van der Waals surface area contributed by atoms with Gasteiger partial charge >= 0.3 is 0 Å². The van der Waals surface area contributed by atoms with Gasteiger partial charge in [-0.1, -0.05) is 11.2 Å². The number of amides is 1. The molecule has 13 nitrogen and oxygen atoms in total. The van der Waals surface area contributed by atoms with E-state index in [0.717, 1.165) is 0 Å².